The molecule has 126 valence electrons. The molecule has 23 heavy (non-hydrogen) atoms. The molecule has 0 saturated carbocycles. The summed E-state index contributed by atoms with van der Waals surface area (Å²) in [5.74, 6) is 1.31. The predicted octanol–water partition coefficient (Wildman–Crippen LogP) is 1.27. The third kappa shape index (κ3) is 3.26. The molecule has 1 aromatic rings. The van der Waals surface area contributed by atoms with Crippen LogP contribution in [0.1, 0.15) is 44.6 Å². The number of hydrogen-bond acceptors (Lipinski definition) is 3. The largest absolute Gasteiger partial charge is 0.350 e. The van der Waals surface area contributed by atoms with Crippen molar-refractivity contribution in [3.63, 3.8) is 0 Å². The summed E-state index contributed by atoms with van der Waals surface area (Å²) in [6, 6.07) is -0.238. The molecule has 3 rings (SSSR count). The van der Waals surface area contributed by atoms with Crippen LogP contribution in [0.4, 0.5) is 0 Å². The summed E-state index contributed by atoms with van der Waals surface area (Å²) in [5.41, 5.74) is 1.02. The fourth-order valence-corrected chi connectivity index (χ4v) is 3.76. The monoisotopic (exact) mass is 318 g/mol. The van der Waals surface area contributed by atoms with Crippen molar-refractivity contribution in [2.45, 2.75) is 65.1 Å². The van der Waals surface area contributed by atoms with Crippen molar-refractivity contribution in [2.75, 3.05) is 6.54 Å². The topological polar surface area (TPSA) is 67.2 Å². The number of imidazole rings is 1. The summed E-state index contributed by atoms with van der Waals surface area (Å²) in [6.07, 6.45) is 5.25. The van der Waals surface area contributed by atoms with Gasteiger partial charge >= 0.3 is 0 Å². The molecule has 1 N–H and O–H groups in total. The molecule has 1 aromatic heterocycles. The fraction of sp³-hybridized carbons (Fsp3) is 0.706. The van der Waals surface area contributed by atoms with Crippen molar-refractivity contribution < 1.29 is 9.59 Å². The van der Waals surface area contributed by atoms with Gasteiger partial charge in [-0.25, -0.2) is 4.98 Å². The van der Waals surface area contributed by atoms with Crippen molar-refractivity contribution in [3.8, 4) is 0 Å². The first-order chi connectivity index (χ1) is 11.0. The number of amides is 2. The molecule has 0 aliphatic carbocycles. The van der Waals surface area contributed by atoms with E-state index >= 15 is 0 Å². The molecular formula is C17H26N4O2. The zero-order chi connectivity index (χ0) is 16.6. The Morgan fingerprint density at radius 3 is 2.83 bits per heavy atom. The maximum absolute atomic E-state index is 12.8. The lowest BCUT2D eigenvalue weighted by molar-refractivity contribution is -0.139. The van der Waals surface area contributed by atoms with E-state index < -0.39 is 0 Å². The van der Waals surface area contributed by atoms with Crippen LogP contribution < -0.4 is 5.32 Å². The minimum absolute atomic E-state index is 0.0134. The highest BCUT2D eigenvalue weighted by Gasteiger charge is 2.36. The summed E-state index contributed by atoms with van der Waals surface area (Å²) in [5, 5.41) is 3.17. The minimum atomic E-state index is -0.351. The molecule has 1 fully saturated rings. The number of nitrogens with one attached hydrogen (secondary N) is 1. The van der Waals surface area contributed by atoms with Crippen LogP contribution >= 0.6 is 0 Å². The molecule has 1 saturated heterocycles. The summed E-state index contributed by atoms with van der Waals surface area (Å²) in [6.45, 7) is 7.47. The molecule has 0 unspecified atom stereocenters. The Balaban J connectivity index is 1.66. The fourth-order valence-electron chi connectivity index (χ4n) is 3.76. The number of hydrogen-bond donors (Lipinski definition) is 1. The smallest absolute Gasteiger partial charge is 0.243 e. The molecule has 2 aliphatic rings. The third-order valence-electron chi connectivity index (χ3n) is 4.81. The summed E-state index contributed by atoms with van der Waals surface area (Å²) >= 11 is 0. The van der Waals surface area contributed by atoms with Crippen molar-refractivity contribution in [1.82, 2.24) is 19.8 Å². The molecule has 0 bridgehead atoms. The number of aromatic nitrogens is 2. The molecule has 0 radical (unpaired) electrons. The predicted molar refractivity (Wildman–Crippen MR) is 86.8 cm³/mol. The maximum atomic E-state index is 12.8. The van der Waals surface area contributed by atoms with Gasteiger partial charge in [-0.1, -0.05) is 13.8 Å². The van der Waals surface area contributed by atoms with E-state index in [1.54, 1.807) is 4.90 Å². The standard InChI is InChI=1S/C17H26N4O2/c1-11(2)16(21-8-4-5-15(21)22)17(23)19-13-6-7-14-18-12(3)9-20(14)10-13/h9,11,13,16H,4-8,10H2,1-3H3,(H,19,23)/t13-,16+/m0/s1. The van der Waals surface area contributed by atoms with Crippen molar-refractivity contribution in [3.05, 3.63) is 17.7 Å². The van der Waals surface area contributed by atoms with E-state index in [4.69, 9.17) is 0 Å². The van der Waals surface area contributed by atoms with E-state index in [0.29, 0.717) is 13.0 Å². The van der Waals surface area contributed by atoms with E-state index in [1.165, 1.54) is 0 Å². The number of fused-ring (bicyclic) bond motifs is 1. The van der Waals surface area contributed by atoms with Gasteiger partial charge in [0.2, 0.25) is 11.8 Å². The quantitative estimate of drug-likeness (QED) is 0.909. The van der Waals surface area contributed by atoms with Crippen LogP contribution in [0.15, 0.2) is 6.20 Å². The van der Waals surface area contributed by atoms with Gasteiger partial charge < -0.3 is 14.8 Å². The van der Waals surface area contributed by atoms with Crippen LogP contribution in [0.25, 0.3) is 0 Å². The van der Waals surface area contributed by atoms with E-state index in [9.17, 15) is 9.59 Å². The van der Waals surface area contributed by atoms with Crippen LogP contribution in [0.5, 0.6) is 0 Å². The van der Waals surface area contributed by atoms with Gasteiger partial charge in [0.1, 0.15) is 11.9 Å². The second kappa shape index (κ2) is 6.34. The normalized spacial score (nSPS) is 22.3. The molecule has 2 aliphatic heterocycles. The second-order valence-electron chi connectivity index (χ2n) is 7.07. The van der Waals surface area contributed by atoms with E-state index in [1.807, 2.05) is 27.0 Å². The number of carbonyl (C=O) groups is 2. The van der Waals surface area contributed by atoms with Crippen molar-refractivity contribution in [1.29, 1.82) is 0 Å². The van der Waals surface area contributed by atoms with Crippen LogP contribution in [0.2, 0.25) is 0 Å². The van der Waals surface area contributed by atoms with Gasteiger partial charge in [-0.15, -0.1) is 0 Å². The highest BCUT2D eigenvalue weighted by molar-refractivity contribution is 5.89. The summed E-state index contributed by atoms with van der Waals surface area (Å²) in [4.78, 5) is 31.0. The average Bonchev–Trinajstić information content (AvgIpc) is 3.03. The molecule has 2 amide bonds. The number of nitrogens with zero attached hydrogens (tertiary/aromatic N) is 3. The average molecular weight is 318 g/mol. The first-order valence-electron chi connectivity index (χ1n) is 8.58. The lowest BCUT2D eigenvalue weighted by Crippen LogP contribution is -2.53. The van der Waals surface area contributed by atoms with Gasteiger partial charge in [0, 0.05) is 38.2 Å². The molecule has 0 aromatic carbocycles. The Morgan fingerprint density at radius 2 is 2.17 bits per heavy atom. The first kappa shape index (κ1) is 16.0. The highest BCUT2D eigenvalue weighted by atomic mass is 16.2. The lowest BCUT2D eigenvalue weighted by Gasteiger charge is -2.32. The molecule has 0 spiro atoms. The van der Waals surface area contributed by atoms with Gasteiger partial charge in [0.15, 0.2) is 0 Å². The minimum Gasteiger partial charge on any atom is -0.350 e. The molecule has 2 atom stereocenters. The molecular weight excluding hydrogens is 292 g/mol. The van der Waals surface area contributed by atoms with Crippen LogP contribution in [-0.2, 0) is 22.6 Å². The Kier molecular flexibility index (Phi) is 4.41. The zero-order valence-corrected chi connectivity index (χ0v) is 14.2. The van der Waals surface area contributed by atoms with Gasteiger partial charge in [-0.2, -0.15) is 0 Å². The number of aryl methyl sites for hydroxylation is 2. The van der Waals surface area contributed by atoms with Crippen molar-refractivity contribution >= 4 is 11.8 Å². The highest BCUT2D eigenvalue weighted by Crippen LogP contribution is 2.21. The molecule has 6 heteroatoms. The van der Waals surface area contributed by atoms with Crippen molar-refractivity contribution in [2.24, 2.45) is 5.92 Å². The number of rotatable bonds is 4. The SMILES string of the molecule is Cc1cn2c(n1)CC[C@H](NC(=O)[C@@H](C(C)C)N1CCCC1=O)C2. The van der Waals surface area contributed by atoms with Crippen LogP contribution in [-0.4, -0.2) is 44.9 Å². The summed E-state index contributed by atoms with van der Waals surface area (Å²) < 4.78 is 2.13. The lowest BCUT2D eigenvalue weighted by atomic mass is 10.00. The first-order valence-corrected chi connectivity index (χ1v) is 8.58. The third-order valence-corrected chi connectivity index (χ3v) is 4.81. The second-order valence-corrected chi connectivity index (χ2v) is 7.07. The summed E-state index contributed by atoms with van der Waals surface area (Å²) in [7, 11) is 0. The van der Waals surface area contributed by atoms with Gasteiger partial charge in [0.25, 0.3) is 0 Å². The number of likely N-dealkylation sites (tertiary alicyclic amines) is 1. The number of carbonyl (C=O) groups excluding carboxylic acids is 2. The van der Waals surface area contributed by atoms with E-state index in [2.05, 4.69) is 14.9 Å². The molecule has 6 nitrogen and oxygen atoms in total. The Morgan fingerprint density at radius 1 is 1.39 bits per heavy atom. The van der Waals surface area contributed by atoms with Crippen LogP contribution in [0, 0.1) is 12.8 Å². The van der Waals surface area contributed by atoms with Gasteiger partial charge in [-0.05, 0) is 25.7 Å². The maximum Gasteiger partial charge on any atom is 0.243 e. The van der Waals surface area contributed by atoms with Crippen LogP contribution in [0.3, 0.4) is 0 Å². The zero-order valence-electron chi connectivity index (χ0n) is 14.2. The van der Waals surface area contributed by atoms with E-state index in [0.717, 1.165) is 37.3 Å². The molecule has 3 heterocycles. The van der Waals surface area contributed by atoms with Gasteiger partial charge in [-0.3, -0.25) is 9.59 Å². The Labute approximate surface area is 137 Å². The van der Waals surface area contributed by atoms with Gasteiger partial charge in [0.05, 0.1) is 5.69 Å². The Bertz CT molecular complexity index is 608. The van der Waals surface area contributed by atoms with E-state index in [-0.39, 0.29) is 29.8 Å². The Hall–Kier alpha value is -1.85.